The predicted octanol–water partition coefficient (Wildman–Crippen LogP) is 3.29. The molecule has 6 nitrogen and oxygen atoms in total. The molecule has 1 aromatic carbocycles. The van der Waals surface area contributed by atoms with E-state index in [1.807, 2.05) is 29.7 Å². The number of benzene rings is 1. The van der Waals surface area contributed by atoms with Gasteiger partial charge in [-0.05, 0) is 37.7 Å². The molecule has 0 saturated carbocycles. The Labute approximate surface area is 164 Å². The van der Waals surface area contributed by atoms with Crippen LogP contribution in [0.15, 0.2) is 29.1 Å². The number of amides is 1. The summed E-state index contributed by atoms with van der Waals surface area (Å²) in [5.74, 6) is 0.195. The van der Waals surface area contributed by atoms with Crippen LogP contribution >= 0.6 is 35.2 Å². The molecular formula is C17H17ClN4O2S2. The van der Waals surface area contributed by atoms with Crippen LogP contribution in [0.3, 0.4) is 0 Å². The van der Waals surface area contributed by atoms with E-state index in [-0.39, 0.29) is 18.0 Å². The van der Waals surface area contributed by atoms with Crippen molar-refractivity contribution in [3.63, 3.8) is 0 Å². The fourth-order valence-corrected chi connectivity index (χ4v) is 4.24. The maximum absolute atomic E-state index is 12.8. The third-order valence-corrected chi connectivity index (χ3v) is 5.81. The number of carbonyl (C=O) groups is 1. The minimum atomic E-state index is -0.283. The summed E-state index contributed by atoms with van der Waals surface area (Å²) in [6, 6.07) is 7.29. The molecule has 0 atom stereocenters. The smallest absolute Gasteiger partial charge is 0.273 e. The standard InChI is InChI=1S/C17H17ClN4O2S2/c1-3-21-15-14(26-17(21)25)16(24)22(10(2)20-15)9-13(23)19-8-11-6-4-5-7-12(11)18/h4-7H,3,8-9H2,1-2H3,(H,19,23). The summed E-state index contributed by atoms with van der Waals surface area (Å²) in [5, 5.41) is 3.37. The van der Waals surface area contributed by atoms with Crippen molar-refractivity contribution in [1.82, 2.24) is 19.4 Å². The normalized spacial score (nSPS) is 11.0. The molecule has 3 rings (SSSR count). The Kier molecular flexibility index (Phi) is 5.55. The lowest BCUT2D eigenvalue weighted by atomic mass is 10.2. The molecule has 136 valence electrons. The third kappa shape index (κ3) is 3.58. The Morgan fingerprint density at radius 1 is 1.35 bits per heavy atom. The van der Waals surface area contributed by atoms with Gasteiger partial charge in [-0.3, -0.25) is 14.2 Å². The number of hydrogen-bond acceptors (Lipinski definition) is 5. The van der Waals surface area contributed by atoms with Gasteiger partial charge < -0.3 is 9.88 Å². The molecule has 26 heavy (non-hydrogen) atoms. The lowest BCUT2D eigenvalue weighted by Crippen LogP contribution is -2.33. The highest BCUT2D eigenvalue weighted by molar-refractivity contribution is 7.73. The molecule has 0 aliphatic rings. The van der Waals surface area contributed by atoms with Crippen LogP contribution in [0, 0.1) is 10.9 Å². The van der Waals surface area contributed by atoms with Crippen molar-refractivity contribution in [3.05, 3.63) is 55.0 Å². The summed E-state index contributed by atoms with van der Waals surface area (Å²) < 4.78 is 4.27. The van der Waals surface area contributed by atoms with Crippen molar-refractivity contribution >= 4 is 51.4 Å². The molecule has 0 radical (unpaired) electrons. The van der Waals surface area contributed by atoms with Crippen molar-refractivity contribution in [3.8, 4) is 0 Å². The van der Waals surface area contributed by atoms with Crippen LogP contribution in [0.1, 0.15) is 18.3 Å². The van der Waals surface area contributed by atoms with Crippen LogP contribution < -0.4 is 10.9 Å². The fourth-order valence-electron chi connectivity index (χ4n) is 2.63. The monoisotopic (exact) mass is 408 g/mol. The SMILES string of the molecule is CCn1c(=S)sc2c(=O)n(CC(=O)NCc3ccccc3Cl)c(C)nc21. The Morgan fingerprint density at radius 2 is 2.08 bits per heavy atom. The largest absolute Gasteiger partial charge is 0.350 e. The van der Waals surface area contributed by atoms with Crippen molar-refractivity contribution < 1.29 is 4.79 Å². The molecule has 2 heterocycles. The number of carbonyl (C=O) groups excluding carboxylic acids is 1. The minimum absolute atomic E-state index is 0.102. The highest BCUT2D eigenvalue weighted by atomic mass is 35.5. The molecule has 0 fully saturated rings. The number of thiazole rings is 1. The van der Waals surface area contributed by atoms with Gasteiger partial charge >= 0.3 is 0 Å². The molecule has 0 aliphatic carbocycles. The zero-order valence-electron chi connectivity index (χ0n) is 14.3. The fraction of sp³-hybridized carbons (Fsp3) is 0.294. The molecule has 1 amide bonds. The van der Waals surface area contributed by atoms with E-state index in [0.717, 1.165) is 5.56 Å². The van der Waals surface area contributed by atoms with Gasteiger partial charge in [-0.25, -0.2) is 4.98 Å². The van der Waals surface area contributed by atoms with Crippen LogP contribution in [-0.2, 0) is 24.4 Å². The van der Waals surface area contributed by atoms with E-state index in [4.69, 9.17) is 23.8 Å². The van der Waals surface area contributed by atoms with Crippen molar-refractivity contribution in [2.75, 3.05) is 0 Å². The summed E-state index contributed by atoms with van der Waals surface area (Å²) in [4.78, 5) is 29.6. The first-order valence-electron chi connectivity index (χ1n) is 8.03. The maximum atomic E-state index is 12.8. The van der Waals surface area contributed by atoms with Crippen LogP contribution in [0.2, 0.25) is 5.02 Å². The molecule has 0 saturated heterocycles. The molecule has 0 bridgehead atoms. The van der Waals surface area contributed by atoms with E-state index in [9.17, 15) is 9.59 Å². The average molecular weight is 409 g/mol. The average Bonchev–Trinajstić information content (AvgIpc) is 2.93. The Balaban J connectivity index is 1.84. The topological polar surface area (TPSA) is 68.9 Å². The third-order valence-electron chi connectivity index (χ3n) is 4.02. The van der Waals surface area contributed by atoms with E-state index in [1.165, 1.54) is 15.9 Å². The minimum Gasteiger partial charge on any atom is -0.350 e. The van der Waals surface area contributed by atoms with E-state index in [0.29, 0.717) is 38.2 Å². The van der Waals surface area contributed by atoms with E-state index >= 15 is 0 Å². The predicted molar refractivity (Wildman–Crippen MR) is 106 cm³/mol. The van der Waals surface area contributed by atoms with E-state index in [1.54, 1.807) is 13.0 Å². The van der Waals surface area contributed by atoms with Crippen LogP contribution in [0.4, 0.5) is 0 Å². The zero-order valence-corrected chi connectivity index (χ0v) is 16.7. The van der Waals surface area contributed by atoms with Crippen LogP contribution in [0.25, 0.3) is 10.3 Å². The molecule has 9 heteroatoms. The Bertz CT molecular complexity index is 1100. The summed E-state index contributed by atoms with van der Waals surface area (Å²) in [6.07, 6.45) is 0. The van der Waals surface area contributed by atoms with Crippen molar-refractivity contribution in [2.45, 2.75) is 33.5 Å². The molecule has 0 aliphatic heterocycles. The van der Waals surface area contributed by atoms with Gasteiger partial charge in [-0.15, -0.1) is 0 Å². The van der Waals surface area contributed by atoms with Crippen LogP contribution in [0.5, 0.6) is 0 Å². The number of hydrogen-bond donors (Lipinski definition) is 1. The molecular weight excluding hydrogens is 392 g/mol. The second-order valence-electron chi connectivity index (χ2n) is 5.68. The number of aryl methyl sites for hydroxylation is 2. The van der Waals surface area contributed by atoms with Gasteiger partial charge in [-0.1, -0.05) is 41.1 Å². The van der Waals surface area contributed by atoms with E-state index < -0.39 is 0 Å². The number of nitrogens with zero attached hydrogens (tertiary/aromatic N) is 3. The van der Waals surface area contributed by atoms with Gasteiger partial charge in [-0.2, -0.15) is 0 Å². The Hall–Kier alpha value is -2.03. The summed E-state index contributed by atoms with van der Waals surface area (Å²) in [6.45, 7) is 4.50. The maximum Gasteiger partial charge on any atom is 0.273 e. The first-order chi connectivity index (χ1) is 12.4. The van der Waals surface area contributed by atoms with Gasteiger partial charge in [0.15, 0.2) is 9.60 Å². The van der Waals surface area contributed by atoms with E-state index in [2.05, 4.69) is 10.3 Å². The molecule has 1 N–H and O–H groups in total. The van der Waals surface area contributed by atoms with Crippen molar-refractivity contribution in [2.24, 2.45) is 0 Å². The second-order valence-corrected chi connectivity index (χ2v) is 7.73. The number of nitrogens with one attached hydrogen (secondary N) is 1. The number of rotatable bonds is 5. The lowest BCUT2D eigenvalue weighted by Gasteiger charge is -2.11. The number of aromatic nitrogens is 3. The van der Waals surface area contributed by atoms with Gasteiger partial charge in [0.05, 0.1) is 0 Å². The highest BCUT2D eigenvalue weighted by Crippen LogP contribution is 2.18. The Morgan fingerprint density at radius 3 is 2.77 bits per heavy atom. The van der Waals surface area contributed by atoms with Gasteiger partial charge in [0.25, 0.3) is 5.56 Å². The summed E-state index contributed by atoms with van der Waals surface area (Å²) >= 11 is 12.6. The second kappa shape index (κ2) is 7.69. The van der Waals surface area contributed by atoms with Gasteiger partial charge in [0.2, 0.25) is 5.91 Å². The highest BCUT2D eigenvalue weighted by Gasteiger charge is 2.16. The summed E-state index contributed by atoms with van der Waals surface area (Å²) in [5.41, 5.74) is 1.15. The van der Waals surface area contributed by atoms with Crippen LogP contribution in [-0.4, -0.2) is 20.0 Å². The lowest BCUT2D eigenvalue weighted by molar-refractivity contribution is -0.121. The molecule has 3 aromatic rings. The summed E-state index contributed by atoms with van der Waals surface area (Å²) in [7, 11) is 0. The zero-order chi connectivity index (χ0) is 18.8. The first kappa shape index (κ1) is 18.8. The molecule has 0 unspecified atom stereocenters. The quantitative estimate of drug-likeness (QED) is 0.658. The van der Waals surface area contributed by atoms with Gasteiger partial charge in [0, 0.05) is 18.1 Å². The molecule has 2 aromatic heterocycles. The van der Waals surface area contributed by atoms with Gasteiger partial charge in [0.1, 0.15) is 17.1 Å². The van der Waals surface area contributed by atoms with Crippen molar-refractivity contribution in [1.29, 1.82) is 0 Å². The first-order valence-corrected chi connectivity index (χ1v) is 9.63. The number of fused-ring (bicyclic) bond motifs is 1. The molecule has 0 spiro atoms. The number of halogens is 1.